The Morgan fingerprint density at radius 3 is 2.24 bits per heavy atom. The summed E-state index contributed by atoms with van der Waals surface area (Å²) in [5.74, 6) is 0. The fraction of sp³-hybridized carbons (Fsp3) is 0.231. The van der Waals surface area contributed by atoms with Crippen molar-refractivity contribution < 1.29 is 16.8 Å². The number of benzene rings is 1. The summed E-state index contributed by atoms with van der Waals surface area (Å²) >= 11 is 1.29. The van der Waals surface area contributed by atoms with E-state index in [-0.39, 0.29) is 11.4 Å². The molecule has 0 aliphatic rings. The molecule has 1 unspecified atom stereocenters. The second-order valence-corrected chi connectivity index (χ2v) is 9.43. The fourth-order valence-electron chi connectivity index (χ4n) is 1.84. The van der Waals surface area contributed by atoms with Crippen molar-refractivity contribution in [2.24, 2.45) is 0 Å². The third kappa shape index (κ3) is 4.13. The third-order valence-corrected chi connectivity index (χ3v) is 6.76. The lowest BCUT2D eigenvalue weighted by atomic mass is 10.3. The first-order chi connectivity index (χ1) is 9.81. The highest BCUT2D eigenvalue weighted by molar-refractivity contribution is 7.92. The Morgan fingerprint density at radius 1 is 1.05 bits per heavy atom. The van der Waals surface area contributed by atoms with Crippen LogP contribution in [0.1, 0.15) is 10.1 Å². The van der Waals surface area contributed by atoms with Crippen molar-refractivity contribution in [3.63, 3.8) is 0 Å². The van der Waals surface area contributed by atoms with Crippen molar-refractivity contribution in [1.29, 1.82) is 0 Å². The Bertz CT molecular complexity index is 781. The molecule has 0 amide bonds. The molecule has 5 nitrogen and oxygen atoms in total. The van der Waals surface area contributed by atoms with E-state index < -0.39 is 25.1 Å². The van der Waals surface area contributed by atoms with E-state index >= 15 is 0 Å². The summed E-state index contributed by atoms with van der Waals surface area (Å²) < 4.78 is 50.3. The van der Waals surface area contributed by atoms with Gasteiger partial charge in [0.2, 0.25) is 10.0 Å². The number of rotatable bonds is 6. The number of nitrogens with one attached hydrogen (secondary N) is 1. The zero-order valence-electron chi connectivity index (χ0n) is 11.3. The van der Waals surface area contributed by atoms with Gasteiger partial charge in [0.1, 0.15) is 5.25 Å². The Labute approximate surface area is 128 Å². The van der Waals surface area contributed by atoms with E-state index in [9.17, 15) is 16.8 Å². The molecule has 21 heavy (non-hydrogen) atoms. The van der Waals surface area contributed by atoms with Crippen LogP contribution in [0.25, 0.3) is 0 Å². The molecule has 0 radical (unpaired) electrons. The Morgan fingerprint density at radius 2 is 1.71 bits per heavy atom. The normalized spacial score (nSPS) is 14.0. The van der Waals surface area contributed by atoms with Crippen molar-refractivity contribution >= 4 is 31.2 Å². The van der Waals surface area contributed by atoms with Crippen LogP contribution in [-0.2, 0) is 19.9 Å². The van der Waals surface area contributed by atoms with Gasteiger partial charge in [-0.25, -0.2) is 21.6 Å². The van der Waals surface area contributed by atoms with Gasteiger partial charge in [-0.3, -0.25) is 0 Å². The first-order valence-electron chi connectivity index (χ1n) is 6.08. The monoisotopic (exact) mass is 345 g/mol. The summed E-state index contributed by atoms with van der Waals surface area (Å²) in [6, 6.07) is 11.5. The van der Waals surface area contributed by atoms with Crippen LogP contribution < -0.4 is 4.72 Å². The molecule has 8 heteroatoms. The largest absolute Gasteiger partial charge is 0.223 e. The lowest BCUT2D eigenvalue weighted by Crippen LogP contribution is -2.30. The van der Waals surface area contributed by atoms with Gasteiger partial charge in [-0.05, 0) is 23.6 Å². The quantitative estimate of drug-likeness (QED) is 0.866. The molecule has 114 valence electrons. The minimum Gasteiger partial charge on any atom is -0.223 e. The highest BCUT2D eigenvalue weighted by Crippen LogP contribution is 2.31. The molecule has 0 saturated carbocycles. The van der Waals surface area contributed by atoms with E-state index in [0.717, 1.165) is 6.26 Å². The first-order valence-corrected chi connectivity index (χ1v) is 10.4. The van der Waals surface area contributed by atoms with Crippen molar-refractivity contribution in [3.8, 4) is 0 Å². The van der Waals surface area contributed by atoms with Crippen molar-refractivity contribution in [1.82, 2.24) is 4.72 Å². The molecule has 0 aliphatic carbocycles. The first kappa shape index (κ1) is 16.2. The van der Waals surface area contributed by atoms with E-state index in [1.165, 1.54) is 23.5 Å². The molecule has 2 aromatic rings. The van der Waals surface area contributed by atoms with Crippen LogP contribution in [0.4, 0.5) is 0 Å². The summed E-state index contributed by atoms with van der Waals surface area (Å²) in [4.78, 5) is 0.786. The fourth-order valence-corrected chi connectivity index (χ4v) is 5.22. The minimum absolute atomic E-state index is 0.179. The van der Waals surface area contributed by atoms with Gasteiger partial charge in [-0.15, -0.1) is 11.3 Å². The molecule has 0 fully saturated rings. The van der Waals surface area contributed by atoms with E-state index in [4.69, 9.17) is 0 Å². The second kappa shape index (κ2) is 6.27. The van der Waals surface area contributed by atoms with Gasteiger partial charge in [-0.2, -0.15) is 0 Å². The van der Waals surface area contributed by atoms with Gasteiger partial charge < -0.3 is 0 Å². The molecule has 1 N–H and O–H groups in total. The molecular formula is C13H15NO4S3. The third-order valence-electron chi connectivity index (χ3n) is 2.84. The zero-order chi connectivity index (χ0) is 15.5. The topological polar surface area (TPSA) is 80.3 Å². The van der Waals surface area contributed by atoms with Crippen LogP contribution >= 0.6 is 11.3 Å². The number of sulfonamides is 1. The number of hydrogen-bond donors (Lipinski definition) is 1. The van der Waals surface area contributed by atoms with Crippen molar-refractivity contribution in [2.45, 2.75) is 10.1 Å². The highest BCUT2D eigenvalue weighted by atomic mass is 32.2. The average molecular weight is 345 g/mol. The molecule has 0 bridgehead atoms. The summed E-state index contributed by atoms with van der Waals surface area (Å²) in [6.45, 7) is -0.184. The molecule has 0 spiro atoms. The van der Waals surface area contributed by atoms with Crippen molar-refractivity contribution in [3.05, 3.63) is 52.7 Å². The average Bonchev–Trinajstić information content (AvgIpc) is 2.92. The van der Waals surface area contributed by atoms with Gasteiger partial charge >= 0.3 is 0 Å². The second-order valence-electron chi connectivity index (χ2n) is 4.48. The highest BCUT2D eigenvalue weighted by Gasteiger charge is 2.30. The van der Waals surface area contributed by atoms with E-state index in [2.05, 4.69) is 4.72 Å². The van der Waals surface area contributed by atoms with Crippen LogP contribution in [-0.4, -0.2) is 29.6 Å². The van der Waals surface area contributed by atoms with Gasteiger partial charge in [0.05, 0.1) is 11.2 Å². The summed E-state index contributed by atoms with van der Waals surface area (Å²) in [7, 11) is -7.13. The van der Waals surface area contributed by atoms with Gasteiger partial charge in [0, 0.05) is 11.4 Å². The van der Waals surface area contributed by atoms with Crippen molar-refractivity contribution in [2.75, 3.05) is 12.8 Å². The predicted octanol–water partition coefficient (Wildman–Crippen LogP) is 1.81. The van der Waals surface area contributed by atoms with E-state index in [1.807, 2.05) is 0 Å². The van der Waals surface area contributed by atoms with Crippen LogP contribution in [0.5, 0.6) is 0 Å². The minimum atomic E-state index is -3.66. The smallest absolute Gasteiger partial charge is 0.208 e. The van der Waals surface area contributed by atoms with Gasteiger partial charge in [-0.1, -0.05) is 24.3 Å². The number of hydrogen-bond acceptors (Lipinski definition) is 5. The van der Waals surface area contributed by atoms with Gasteiger partial charge in [0.25, 0.3) is 0 Å². The van der Waals surface area contributed by atoms with Crippen LogP contribution in [0.2, 0.25) is 0 Å². The molecule has 1 aromatic carbocycles. The number of sulfone groups is 1. The zero-order valence-corrected chi connectivity index (χ0v) is 13.7. The molecule has 1 heterocycles. The lowest BCUT2D eigenvalue weighted by molar-refractivity contribution is 0.572. The van der Waals surface area contributed by atoms with Crippen LogP contribution in [0, 0.1) is 0 Å². The molecule has 0 saturated heterocycles. The Hall–Kier alpha value is -1.22. The molecular weight excluding hydrogens is 330 g/mol. The standard InChI is InChI=1S/C13H15NO4S3/c1-20(15,16)14-10-13(12-8-5-9-19-12)21(17,18)11-6-3-2-4-7-11/h2-9,13-14H,10H2,1H3. The molecule has 1 atom stereocenters. The molecule has 1 aromatic heterocycles. The summed E-state index contributed by atoms with van der Waals surface area (Å²) in [5.41, 5.74) is 0. The van der Waals surface area contributed by atoms with Gasteiger partial charge in [0.15, 0.2) is 9.84 Å². The summed E-state index contributed by atoms with van der Waals surface area (Å²) in [5, 5.41) is 0.832. The SMILES string of the molecule is CS(=O)(=O)NCC(c1cccs1)S(=O)(=O)c1ccccc1. The maximum absolute atomic E-state index is 12.7. The summed E-state index contributed by atoms with van der Waals surface area (Å²) in [6.07, 6.45) is 1.01. The molecule has 2 rings (SSSR count). The van der Waals surface area contributed by atoms with E-state index in [0.29, 0.717) is 4.88 Å². The molecule has 0 aliphatic heterocycles. The Balaban J connectivity index is 2.40. The lowest BCUT2D eigenvalue weighted by Gasteiger charge is -2.16. The maximum atomic E-state index is 12.7. The predicted molar refractivity (Wildman–Crippen MR) is 83.5 cm³/mol. The maximum Gasteiger partial charge on any atom is 0.208 e. The van der Waals surface area contributed by atoms with Crippen LogP contribution in [0.3, 0.4) is 0 Å². The number of thiophene rings is 1. The van der Waals surface area contributed by atoms with E-state index in [1.54, 1.807) is 35.7 Å². The Kier molecular flexibility index (Phi) is 4.82. The van der Waals surface area contributed by atoms with Crippen LogP contribution in [0.15, 0.2) is 52.7 Å².